The van der Waals surface area contributed by atoms with Crippen LogP contribution in [-0.4, -0.2) is 59.5 Å². The lowest BCUT2D eigenvalue weighted by molar-refractivity contribution is -0.122. The topological polar surface area (TPSA) is 76.6 Å². The van der Waals surface area contributed by atoms with Gasteiger partial charge < -0.3 is 15.5 Å². The summed E-state index contributed by atoms with van der Waals surface area (Å²) in [5.74, 6) is -1.55. The van der Waals surface area contributed by atoms with E-state index in [1.54, 1.807) is 0 Å². The average molecular weight is 387 g/mol. The van der Waals surface area contributed by atoms with E-state index >= 15 is 0 Å². The molecule has 0 radical (unpaired) electrons. The van der Waals surface area contributed by atoms with Crippen molar-refractivity contribution in [1.29, 1.82) is 5.26 Å². The van der Waals surface area contributed by atoms with E-state index < -0.39 is 11.6 Å². The summed E-state index contributed by atoms with van der Waals surface area (Å²) in [6.07, 6.45) is 2.37. The quantitative estimate of drug-likeness (QED) is 0.830. The van der Waals surface area contributed by atoms with E-state index in [0.29, 0.717) is 19.5 Å². The molecule has 2 N–H and O–H groups in total. The molecule has 1 amide bonds. The standard InChI is InChI=1S/C20H23F2N5O/c1-12(26-4-2-3-15(26)9-23)18(24)11-25-10-17-8-19(25)20(28)27(17)16-6-13(21)5-14(22)7-16/h5-7,15,17-19H,1-4,8,10-11,24H2/t15?,17-,18?,19?/m0/s1. The number of hydrogen-bond acceptors (Lipinski definition) is 5. The summed E-state index contributed by atoms with van der Waals surface area (Å²) < 4.78 is 27.1. The average Bonchev–Trinajstić information content (AvgIpc) is 3.34. The first kappa shape index (κ1) is 18.8. The second kappa shape index (κ2) is 7.15. The lowest BCUT2D eigenvalue weighted by atomic mass is 10.1. The van der Waals surface area contributed by atoms with Crippen molar-refractivity contribution in [2.45, 2.75) is 43.4 Å². The number of anilines is 1. The van der Waals surface area contributed by atoms with Crippen molar-refractivity contribution in [3.8, 4) is 6.07 Å². The fourth-order valence-electron chi connectivity index (χ4n) is 4.70. The number of carbonyl (C=O) groups is 1. The predicted octanol–water partition coefficient (Wildman–Crippen LogP) is 1.58. The minimum absolute atomic E-state index is 0.127. The van der Waals surface area contributed by atoms with Gasteiger partial charge in [-0.3, -0.25) is 9.69 Å². The molecule has 0 aromatic heterocycles. The van der Waals surface area contributed by atoms with Crippen LogP contribution in [0.5, 0.6) is 0 Å². The lowest BCUT2D eigenvalue weighted by Crippen LogP contribution is -2.54. The Morgan fingerprint density at radius 1 is 1.36 bits per heavy atom. The number of amides is 1. The van der Waals surface area contributed by atoms with Crippen molar-refractivity contribution in [3.05, 3.63) is 42.1 Å². The van der Waals surface area contributed by atoms with E-state index in [1.165, 1.54) is 17.0 Å². The third kappa shape index (κ3) is 3.15. The Kier molecular flexibility index (Phi) is 4.81. The van der Waals surface area contributed by atoms with Crippen molar-refractivity contribution in [1.82, 2.24) is 9.80 Å². The molecule has 8 heteroatoms. The Bertz CT molecular complexity index is 833. The van der Waals surface area contributed by atoms with Gasteiger partial charge in [0.05, 0.1) is 24.2 Å². The van der Waals surface area contributed by atoms with Crippen LogP contribution < -0.4 is 10.6 Å². The number of nitrogens with zero attached hydrogens (tertiary/aromatic N) is 4. The minimum Gasteiger partial charge on any atom is -0.358 e. The zero-order valence-corrected chi connectivity index (χ0v) is 15.5. The van der Waals surface area contributed by atoms with E-state index in [0.717, 1.165) is 31.1 Å². The summed E-state index contributed by atoms with van der Waals surface area (Å²) in [6.45, 7) is 5.92. The van der Waals surface area contributed by atoms with Gasteiger partial charge in [0.15, 0.2) is 0 Å². The third-order valence-corrected chi connectivity index (χ3v) is 6.02. The summed E-state index contributed by atoms with van der Waals surface area (Å²) >= 11 is 0. The molecule has 3 heterocycles. The summed E-state index contributed by atoms with van der Waals surface area (Å²) in [5, 5.41) is 9.26. The van der Waals surface area contributed by atoms with Gasteiger partial charge in [-0.2, -0.15) is 5.26 Å². The summed E-state index contributed by atoms with van der Waals surface area (Å²) in [7, 11) is 0. The number of likely N-dealkylation sites (tertiary alicyclic amines) is 2. The van der Waals surface area contributed by atoms with E-state index in [1.807, 2.05) is 9.80 Å². The normalized spacial score (nSPS) is 28.1. The molecule has 3 saturated heterocycles. The highest BCUT2D eigenvalue weighted by Gasteiger charge is 2.50. The zero-order chi connectivity index (χ0) is 20.0. The van der Waals surface area contributed by atoms with Crippen LogP contribution in [0.3, 0.4) is 0 Å². The lowest BCUT2D eigenvalue weighted by Gasteiger charge is -2.36. The van der Waals surface area contributed by atoms with Gasteiger partial charge in [0.1, 0.15) is 17.7 Å². The van der Waals surface area contributed by atoms with Crippen molar-refractivity contribution in [3.63, 3.8) is 0 Å². The Hall–Kier alpha value is -2.50. The van der Waals surface area contributed by atoms with Crippen molar-refractivity contribution < 1.29 is 13.6 Å². The molecule has 3 aliphatic heterocycles. The first-order chi connectivity index (χ1) is 13.4. The van der Waals surface area contributed by atoms with Crippen LogP contribution in [0.4, 0.5) is 14.5 Å². The molecule has 6 nitrogen and oxygen atoms in total. The van der Waals surface area contributed by atoms with Crippen molar-refractivity contribution in [2.24, 2.45) is 5.73 Å². The van der Waals surface area contributed by atoms with E-state index in [4.69, 9.17) is 5.73 Å². The number of hydrogen-bond donors (Lipinski definition) is 1. The molecule has 1 aromatic carbocycles. The molecule has 4 atom stereocenters. The Morgan fingerprint density at radius 2 is 2.07 bits per heavy atom. The number of benzene rings is 1. The summed E-state index contributed by atoms with van der Waals surface area (Å²) in [5.41, 5.74) is 7.33. The molecule has 0 aliphatic carbocycles. The van der Waals surface area contributed by atoms with Gasteiger partial charge in [-0.25, -0.2) is 8.78 Å². The van der Waals surface area contributed by atoms with Gasteiger partial charge in [-0.1, -0.05) is 6.58 Å². The van der Waals surface area contributed by atoms with Crippen LogP contribution in [-0.2, 0) is 4.79 Å². The van der Waals surface area contributed by atoms with Crippen LogP contribution in [0.2, 0.25) is 0 Å². The molecule has 3 aliphatic rings. The highest BCUT2D eigenvalue weighted by atomic mass is 19.1. The highest BCUT2D eigenvalue weighted by molar-refractivity contribution is 6.01. The van der Waals surface area contributed by atoms with E-state index in [-0.39, 0.29) is 35.8 Å². The molecule has 2 bridgehead atoms. The fraction of sp³-hybridized carbons (Fsp3) is 0.500. The molecule has 28 heavy (non-hydrogen) atoms. The smallest absolute Gasteiger partial charge is 0.244 e. The molecule has 1 aromatic rings. The summed E-state index contributed by atoms with van der Waals surface area (Å²) in [6, 6.07) is 4.43. The molecule has 0 spiro atoms. The van der Waals surface area contributed by atoms with Crippen LogP contribution >= 0.6 is 0 Å². The molecule has 148 valence electrons. The van der Waals surface area contributed by atoms with Crippen molar-refractivity contribution in [2.75, 3.05) is 24.5 Å². The largest absolute Gasteiger partial charge is 0.358 e. The number of piperazine rings is 1. The van der Waals surface area contributed by atoms with Crippen LogP contribution in [0.1, 0.15) is 19.3 Å². The molecule has 0 saturated carbocycles. The van der Waals surface area contributed by atoms with Crippen LogP contribution in [0, 0.1) is 23.0 Å². The van der Waals surface area contributed by atoms with Gasteiger partial charge >= 0.3 is 0 Å². The number of nitrogens with two attached hydrogens (primary N) is 1. The highest BCUT2D eigenvalue weighted by Crippen LogP contribution is 2.36. The first-order valence-electron chi connectivity index (χ1n) is 9.53. The van der Waals surface area contributed by atoms with Gasteiger partial charge in [-0.15, -0.1) is 0 Å². The fourth-order valence-corrected chi connectivity index (χ4v) is 4.70. The van der Waals surface area contributed by atoms with Gasteiger partial charge in [-0.05, 0) is 31.4 Å². The Balaban J connectivity index is 1.43. The van der Waals surface area contributed by atoms with E-state index in [9.17, 15) is 18.8 Å². The Labute approximate surface area is 162 Å². The van der Waals surface area contributed by atoms with Gasteiger partial charge in [0, 0.05) is 37.1 Å². The second-order valence-corrected chi connectivity index (χ2v) is 7.77. The number of fused-ring (bicyclic) bond motifs is 2. The van der Waals surface area contributed by atoms with E-state index in [2.05, 4.69) is 12.6 Å². The maximum atomic E-state index is 13.6. The number of carbonyl (C=O) groups excluding carboxylic acids is 1. The van der Waals surface area contributed by atoms with Crippen LogP contribution in [0.15, 0.2) is 30.5 Å². The third-order valence-electron chi connectivity index (χ3n) is 6.02. The number of rotatable bonds is 5. The van der Waals surface area contributed by atoms with Gasteiger partial charge in [0.25, 0.3) is 0 Å². The number of halogens is 2. The van der Waals surface area contributed by atoms with Gasteiger partial charge in [0.2, 0.25) is 5.91 Å². The molecular formula is C20H23F2N5O. The molecule has 3 fully saturated rings. The molecular weight excluding hydrogens is 364 g/mol. The molecule has 3 unspecified atom stereocenters. The zero-order valence-electron chi connectivity index (χ0n) is 15.5. The SMILES string of the molecule is C=C(C(N)CN1C[C@@H]2CC1C(=O)N2c1cc(F)cc(F)c1)N1CCCC1C#N. The summed E-state index contributed by atoms with van der Waals surface area (Å²) in [4.78, 5) is 18.3. The maximum Gasteiger partial charge on any atom is 0.244 e. The van der Waals surface area contributed by atoms with Crippen LogP contribution in [0.25, 0.3) is 0 Å². The first-order valence-corrected chi connectivity index (χ1v) is 9.53. The minimum atomic E-state index is -0.696. The number of nitriles is 1. The Morgan fingerprint density at radius 3 is 2.71 bits per heavy atom. The predicted molar refractivity (Wildman–Crippen MR) is 100 cm³/mol. The van der Waals surface area contributed by atoms with Crippen molar-refractivity contribution >= 4 is 11.6 Å². The molecule has 4 rings (SSSR count). The second-order valence-electron chi connectivity index (χ2n) is 7.77. The maximum absolute atomic E-state index is 13.6. The monoisotopic (exact) mass is 387 g/mol.